The van der Waals surface area contributed by atoms with Crippen LogP contribution in [0.25, 0.3) is 0 Å². The van der Waals surface area contributed by atoms with Crippen molar-refractivity contribution in [3.63, 3.8) is 0 Å². The molecule has 0 aromatic carbocycles. The zero-order valence-corrected chi connectivity index (χ0v) is 19.3. The summed E-state index contributed by atoms with van der Waals surface area (Å²) >= 11 is 0. The molecule has 1 unspecified atom stereocenters. The number of unbranched alkanes of at least 4 members (excludes halogenated alkanes) is 13. The summed E-state index contributed by atoms with van der Waals surface area (Å²) in [6.07, 6.45) is 35.9. The normalized spacial score (nSPS) is 13.1. The standard InChI is InChI=1S/C27H52/c1-4-6-8-10-12-14-16-18-20-22-24-26-27(3)25-23-21-19-17-15-13-11-9-7-5-2/h7-10,27H,4-6,11-26H2,1-3H3/b9-7+,10-8-. The summed E-state index contributed by atoms with van der Waals surface area (Å²) in [7, 11) is 0. The average molecular weight is 377 g/mol. The van der Waals surface area contributed by atoms with Gasteiger partial charge in [0.05, 0.1) is 0 Å². The molecule has 0 fully saturated rings. The summed E-state index contributed by atoms with van der Waals surface area (Å²) < 4.78 is 0. The molecular weight excluding hydrogens is 324 g/mol. The zero-order valence-electron chi connectivity index (χ0n) is 19.3. The van der Waals surface area contributed by atoms with E-state index in [0.717, 1.165) is 5.92 Å². The van der Waals surface area contributed by atoms with E-state index in [1.807, 2.05) is 0 Å². The lowest BCUT2D eigenvalue weighted by molar-refractivity contribution is 0.431. The van der Waals surface area contributed by atoms with E-state index in [0.29, 0.717) is 0 Å². The van der Waals surface area contributed by atoms with Crippen LogP contribution >= 0.6 is 0 Å². The molecule has 0 bridgehead atoms. The smallest absolute Gasteiger partial charge is 0.0351 e. The van der Waals surface area contributed by atoms with Gasteiger partial charge in [-0.25, -0.2) is 0 Å². The van der Waals surface area contributed by atoms with Crippen molar-refractivity contribution < 1.29 is 0 Å². The molecule has 0 radical (unpaired) electrons. The van der Waals surface area contributed by atoms with Gasteiger partial charge in [-0.3, -0.25) is 0 Å². The fourth-order valence-corrected chi connectivity index (χ4v) is 3.76. The molecule has 0 aromatic heterocycles. The van der Waals surface area contributed by atoms with Crippen molar-refractivity contribution in [3.05, 3.63) is 24.3 Å². The quantitative estimate of drug-likeness (QED) is 0.138. The third kappa shape index (κ3) is 23.4. The van der Waals surface area contributed by atoms with E-state index in [1.165, 1.54) is 122 Å². The second kappa shape index (κ2) is 23.5. The van der Waals surface area contributed by atoms with Gasteiger partial charge < -0.3 is 0 Å². The largest absolute Gasteiger partial charge is 0.0888 e. The predicted molar refractivity (Wildman–Crippen MR) is 127 cm³/mol. The molecule has 0 aromatic rings. The minimum absolute atomic E-state index is 0.952. The Balaban J connectivity index is 3.19. The van der Waals surface area contributed by atoms with E-state index in [2.05, 4.69) is 45.1 Å². The maximum absolute atomic E-state index is 2.47. The Kier molecular flexibility index (Phi) is 23.1. The Hall–Kier alpha value is -0.520. The van der Waals surface area contributed by atoms with E-state index in [9.17, 15) is 0 Å². The van der Waals surface area contributed by atoms with Crippen molar-refractivity contribution in [1.29, 1.82) is 0 Å². The minimum atomic E-state index is 0.952. The molecule has 0 spiro atoms. The summed E-state index contributed by atoms with van der Waals surface area (Å²) in [6, 6.07) is 0. The van der Waals surface area contributed by atoms with Crippen molar-refractivity contribution in [2.45, 2.75) is 143 Å². The molecule has 0 aliphatic carbocycles. The molecule has 27 heavy (non-hydrogen) atoms. The Bertz CT molecular complexity index is 312. The Morgan fingerprint density at radius 2 is 0.889 bits per heavy atom. The van der Waals surface area contributed by atoms with Crippen LogP contribution in [0.2, 0.25) is 0 Å². The molecule has 1 atom stereocenters. The van der Waals surface area contributed by atoms with Crippen LogP contribution in [0.15, 0.2) is 24.3 Å². The first-order chi connectivity index (χ1) is 13.3. The molecule has 0 saturated heterocycles. The molecule has 0 rings (SSSR count). The fraction of sp³-hybridized carbons (Fsp3) is 0.852. The number of hydrogen-bond donors (Lipinski definition) is 0. The number of rotatable bonds is 21. The van der Waals surface area contributed by atoms with Gasteiger partial charge in [-0.05, 0) is 44.4 Å². The van der Waals surface area contributed by atoms with E-state index < -0.39 is 0 Å². The first-order valence-corrected chi connectivity index (χ1v) is 12.6. The molecule has 0 aliphatic heterocycles. The van der Waals surface area contributed by atoms with Crippen molar-refractivity contribution >= 4 is 0 Å². The highest BCUT2D eigenvalue weighted by Gasteiger charge is 2.02. The van der Waals surface area contributed by atoms with Crippen LogP contribution in [-0.2, 0) is 0 Å². The Morgan fingerprint density at radius 1 is 0.481 bits per heavy atom. The van der Waals surface area contributed by atoms with Crippen molar-refractivity contribution in [2.75, 3.05) is 0 Å². The van der Waals surface area contributed by atoms with Gasteiger partial charge in [-0.1, -0.05) is 129 Å². The molecule has 0 aliphatic rings. The van der Waals surface area contributed by atoms with Gasteiger partial charge in [0.25, 0.3) is 0 Å². The van der Waals surface area contributed by atoms with Crippen LogP contribution in [0.1, 0.15) is 143 Å². The first-order valence-electron chi connectivity index (χ1n) is 12.6. The fourth-order valence-electron chi connectivity index (χ4n) is 3.76. The highest BCUT2D eigenvalue weighted by Crippen LogP contribution is 2.18. The van der Waals surface area contributed by atoms with Crippen LogP contribution < -0.4 is 0 Å². The number of hydrogen-bond acceptors (Lipinski definition) is 0. The maximum atomic E-state index is 2.47. The zero-order chi connectivity index (χ0) is 19.8. The summed E-state index contributed by atoms with van der Waals surface area (Å²) in [6.45, 7) is 6.94. The van der Waals surface area contributed by atoms with Crippen molar-refractivity contribution in [1.82, 2.24) is 0 Å². The number of allylic oxidation sites excluding steroid dienone is 4. The van der Waals surface area contributed by atoms with Gasteiger partial charge in [-0.15, -0.1) is 0 Å². The second-order valence-corrected chi connectivity index (χ2v) is 8.64. The monoisotopic (exact) mass is 376 g/mol. The van der Waals surface area contributed by atoms with Gasteiger partial charge in [0.1, 0.15) is 0 Å². The van der Waals surface area contributed by atoms with E-state index in [4.69, 9.17) is 0 Å². The highest BCUT2D eigenvalue weighted by molar-refractivity contribution is 4.80. The lowest BCUT2D eigenvalue weighted by Gasteiger charge is -2.11. The summed E-state index contributed by atoms with van der Waals surface area (Å²) in [5, 5.41) is 0. The van der Waals surface area contributed by atoms with Crippen molar-refractivity contribution in [2.24, 2.45) is 5.92 Å². The molecule has 0 heteroatoms. The van der Waals surface area contributed by atoms with Crippen LogP contribution in [0.5, 0.6) is 0 Å². The Morgan fingerprint density at radius 3 is 1.37 bits per heavy atom. The van der Waals surface area contributed by atoms with Crippen molar-refractivity contribution in [3.8, 4) is 0 Å². The van der Waals surface area contributed by atoms with E-state index in [-0.39, 0.29) is 0 Å². The topological polar surface area (TPSA) is 0 Å². The molecule has 0 heterocycles. The summed E-state index contributed by atoms with van der Waals surface area (Å²) in [5.41, 5.74) is 0. The van der Waals surface area contributed by atoms with Gasteiger partial charge in [0.2, 0.25) is 0 Å². The molecule has 0 amide bonds. The van der Waals surface area contributed by atoms with Crippen LogP contribution in [0, 0.1) is 5.92 Å². The summed E-state index contributed by atoms with van der Waals surface area (Å²) in [4.78, 5) is 0. The Labute approximate surface area is 173 Å². The lowest BCUT2D eigenvalue weighted by atomic mass is 9.96. The predicted octanol–water partition coefficient (Wildman–Crippen LogP) is 10.2. The summed E-state index contributed by atoms with van der Waals surface area (Å²) in [5.74, 6) is 0.952. The third-order valence-electron chi connectivity index (χ3n) is 5.66. The maximum Gasteiger partial charge on any atom is -0.0351 e. The van der Waals surface area contributed by atoms with Crippen LogP contribution in [-0.4, -0.2) is 0 Å². The molecule has 160 valence electrons. The first kappa shape index (κ1) is 26.5. The molecule has 0 N–H and O–H groups in total. The van der Waals surface area contributed by atoms with Gasteiger partial charge in [-0.2, -0.15) is 0 Å². The van der Waals surface area contributed by atoms with Crippen LogP contribution in [0.3, 0.4) is 0 Å². The van der Waals surface area contributed by atoms with Crippen LogP contribution in [0.4, 0.5) is 0 Å². The molecular formula is C27H52. The van der Waals surface area contributed by atoms with E-state index >= 15 is 0 Å². The SMILES string of the molecule is CC/C=C/CCCCCCCCC(C)CCCCCCCC/C=C\CCC. The third-order valence-corrected chi connectivity index (χ3v) is 5.66. The molecule has 0 saturated carbocycles. The van der Waals surface area contributed by atoms with E-state index in [1.54, 1.807) is 0 Å². The highest BCUT2D eigenvalue weighted by atomic mass is 14.1. The van der Waals surface area contributed by atoms with Gasteiger partial charge >= 0.3 is 0 Å². The minimum Gasteiger partial charge on any atom is -0.0888 e. The second-order valence-electron chi connectivity index (χ2n) is 8.64. The molecule has 0 nitrogen and oxygen atoms in total. The van der Waals surface area contributed by atoms with Gasteiger partial charge in [0, 0.05) is 0 Å². The lowest BCUT2D eigenvalue weighted by Crippen LogP contribution is -1.95. The average Bonchev–Trinajstić information content (AvgIpc) is 2.67. The van der Waals surface area contributed by atoms with Gasteiger partial charge in [0.15, 0.2) is 0 Å².